The summed E-state index contributed by atoms with van der Waals surface area (Å²) < 4.78 is 10.7. The molecular formula is C19H23N3O5S. The molecule has 0 aromatic heterocycles. The molecule has 1 saturated carbocycles. The van der Waals surface area contributed by atoms with Gasteiger partial charge in [-0.1, -0.05) is 17.8 Å². The molecular weight excluding hydrogens is 382 g/mol. The Labute approximate surface area is 167 Å². The molecule has 1 aromatic rings. The fourth-order valence-electron chi connectivity index (χ4n) is 3.76. The minimum Gasteiger partial charge on any atom is -0.454 e. The highest BCUT2D eigenvalue weighted by atomic mass is 32.2. The number of aliphatic imine (C=N–C) groups is 1. The van der Waals surface area contributed by atoms with E-state index in [4.69, 9.17) is 9.47 Å². The predicted molar refractivity (Wildman–Crippen MR) is 107 cm³/mol. The van der Waals surface area contributed by atoms with E-state index in [0.29, 0.717) is 23.2 Å². The molecule has 2 heterocycles. The average Bonchev–Trinajstić information content (AvgIpc) is 3.31. The van der Waals surface area contributed by atoms with Crippen molar-refractivity contribution in [1.29, 1.82) is 0 Å². The Bertz CT molecular complexity index is 817. The first-order chi connectivity index (χ1) is 13.5. The lowest BCUT2D eigenvalue weighted by atomic mass is 9.80. The van der Waals surface area contributed by atoms with E-state index in [1.54, 1.807) is 18.0 Å². The number of fused-ring (bicyclic) bond motifs is 2. The number of aliphatic hydroxyl groups excluding tert-OH is 2. The predicted octanol–water partition coefficient (Wildman–Crippen LogP) is 1.05. The maximum Gasteiger partial charge on any atom is 0.231 e. The van der Waals surface area contributed by atoms with Crippen LogP contribution in [0.4, 0.5) is 5.69 Å². The summed E-state index contributed by atoms with van der Waals surface area (Å²) in [7, 11) is 1.71. The summed E-state index contributed by atoms with van der Waals surface area (Å²) in [4.78, 5) is 19.0. The molecule has 1 fully saturated rings. The largest absolute Gasteiger partial charge is 0.454 e. The monoisotopic (exact) mass is 405 g/mol. The normalized spacial score (nSPS) is 30.4. The number of hydrogen-bond acceptors (Lipinski definition) is 8. The number of nitrogens with zero attached hydrogens (tertiary/aromatic N) is 2. The van der Waals surface area contributed by atoms with Gasteiger partial charge in [0.05, 0.1) is 18.1 Å². The van der Waals surface area contributed by atoms with Gasteiger partial charge in [-0.3, -0.25) is 9.79 Å². The van der Waals surface area contributed by atoms with Crippen molar-refractivity contribution in [3.63, 3.8) is 0 Å². The zero-order chi connectivity index (χ0) is 19.8. The number of ether oxygens (including phenoxy) is 2. The molecule has 0 bridgehead atoms. The highest BCUT2D eigenvalue weighted by Crippen LogP contribution is 2.42. The van der Waals surface area contributed by atoms with Crippen LogP contribution >= 0.6 is 11.8 Å². The van der Waals surface area contributed by atoms with E-state index in [1.807, 2.05) is 18.2 Å². The number of carbonyl (C=O) groups excluding carboxylic acids is 1. The van der Waals surface area contributed by atoms with Crippen LogP contribution in [0.5, 0.6) is 11.5 Å². The molecule has 4 rings (SSSR count). The van der Waals surface area contributed by atoms with Crippen LogP contribution in [0.25, 0.3) is 0 Å². The number of thioether (sulfide) groups is 1. The molecule has 9 heteroatoms. The van der Waals surface area contributed by atoms with Crippen LogP contribution in [0, 0.1) is 5.92 Å². The standard InChI is InChI=1S/C19H23N3O5S/c1-3-6-22(2)18(25)11-8-12(23)16(24)15-17(11)28-19(21-15)20-10-4-5-13-14(7-10)27-9-26-13/h3-5,7,11-12,15-17,23-24H,1,6,8-9H2,2H3,(H,20,21)/t11-,12+,15-,16-,17+/m0/s1. The van der Waals surface area contributed by atoms with Gasteiger partial charge in [0.1, 0.15) is 6.10 Å². The molecule has 28 heavy (non-hydrogen) atoms. The third-order valence-electron chi connectivity index (χ3n) is 5.21. The van der Waals surface area contributed by atoms with E-state index in [0.717, 1.165) is 5.69 Å². The highest BCUT2D eigenvalue weighted by molar-refractivity contribution is 8.15. The topological polar surface area (TPSA) is 104 Å². The lowest BCUT2D eigenvalue weighted by Gasteiger charge is -2.38. The first kappa shape index (κ1) is 19.1. The van der Waals surface area contributed by atoms with Crippen molar-refractivity contribution in [2.45, 2.75) is 29.9 Å². The molecule has 1 aliphatic carbocycles. The second-order valence-corrected chi connectivity index (χ2v) is 8.27. The number of likely N-dealkylation sites (N-methyl/N-ethyl adjacent to an activating group) is 1. The van der Waals surface area contributed by atoms with Gasteiger partial charge in [0.25, 0.3) is 0 Å². The fraction of sp³-hybridized carbons (Fsp3) is 0.474. The van der Waals surface area contributed by atoms with Crippen LogP contribution in [0.3, 0.4) is 0 Å². The number of amides is 1. The number of hydrogen-bond donors (Lipinski definition) is 3. The van der Waals surface area contributed by atoms with Crippen LogP contribution in [-0.4, -0.2) is 70.1 Å². The third kappa shape index (κ3) is 3.45. The second-order valence-electron chi connectivity index (χ2n) is 7.11. The van der Waals surface area contributed by atoms with Crippen LogP contribution in [0.1, 0.15) is 6.42 Å². The van der Waals surface area contributed by atoms with Crippen molar-refractivity contribution in [2.75, 3.05) is 25.7 Å². The van der Waals surface area contributed by atoms with Gasteiger partial charge in [0, 0.05) is 30.6 Å². The van der Waals surface area contributed by atoms with Gasteiger partial charge in [-0.25, -0.2) is 0 Å². The summed E-state index contributed by atoms with van der Waals surface area (Å²) in [6, 6.07) is 4.94. The van der Waals surface area contributed by atoms with Crippen LogP contribution in [-0.2, 0) is 4.79 Å². The fourth-order valence-corrected chi connectivity index (χ4v) is 5.13. The van der Waals surface area contributed by atoms with Gasteiger partial charge in [-0.05, 0) is 18.6 Å². The van der Waals surface area contributed by atoms with Gasteiger partial charge in [-0.15, -0.1) is 6.58 Å². The Morgan fingerprint density at radius 3 is 3.00 bits per heavy atom. The lowest BCUT2D eigenvalue weighted by Crippen LogP contribution is -2.54. The number of nitrogens with one attached hydrogen (secondary N) is 1. The van der Waals surface area contributed by atoms with Crippen LogP contribution in [0.2, 0.25) is 0 Å². The number of amidine groups is 1. The molecule has 0 radical (unpaired) electrons. The van der Waals surface area contributed by atoms with E-state index in [-0.39, 0.29) is 24.4 Å². The molecule has 0 unspecified atom stereocenters. The summed E-state index contributed by atoms with van der Waals surface area (Å²) in [5.74, 6) is 0.835. The molecule has 0 spiro atoms. The third-order valence-corrected chi connectivity index (χ3v) is 6.52. The zero-order valence-corrected chi connectivity index (χ0v) is 16.3. The number of anilines is 1. The quantitative estimate of drug-likeness (QED) is 0.644. The van der Waals surface area contributed by atoms with Gasteiger partial charge in [0.2, 0.25) is 12.7 Å². The summed E-state index contributed by atoms with van der Waals surface area (Å²) in [5.41, 5.74) is 0.774. The summed E-state index contributed by atoms with van der Waals surface area (Å²) in [6.07, 6.45) is -0.111. The van der Waals surface area contributed by atoms with Crippen LogP contribution < -0.4 is 14.8 Å². The average molecular weight is 405 g/mol. The molecule has 2 aliphatic heterocycles. The maximum atomic E-state index is 12.8. The van der Waals surface area contributed by atoms with E-state index in [1.165, 1.54) is 11.8 Å². The highest BCUT2D eigenvalue weighted by Gasteiger charge is 2.50. The number of carbonyl (C=O) groups is 1. The Morgan fingerprint density at radius 2 is 2.21 bits per heavy atom. The van der Waals surface area contributed by atoms with Crippen molar-refractivity contribution in [2.24, 2.45) is 10.9 Å². The zero-order valence-electron chi connectivity index (χ0n) is 15.4. The van der Waals surface area contributed by atoms with Crippen molar-refractivity contribution in [3.05, 3.63) is 30.9 Å². The smallest absolute Gasteiger partial charge is 0.231 e. The SMILES string of the molecule is C=CCN(C)C(=O)[C@H]1C[C@@H](O)[C@H](O)[C@@H]2N=C(Nc3ccc4c(c3)OCO4)S[C@@H]21. The van der Waals surface area contributed by atoms with E-state index < -0.39 is 24.2 Å². The molecule has 0 saturated heterocycles. The van der Waals surface area contributed by atoms with Crippen molar-refractivity contribution in [1.82, 2.24) is 4.90 Å². The van der Waals surface area contributed by atoms with Gasteiger partial charge < -0.3 is 29.9 Å². The van der Waals surface area contributed by atoms with E-state index >= 15 is 0 Å². The van der Waals surface area contributed by atoms with Crippen molar-refractivity contribution < 1.29 is 24.5 Å². The van der Waals surface area contributed by atoms with Crippen molar-refractivity contribution in [3.8, 4) is 11.5 Å². The first-order valence-electron chi connectivity index (χ1n) is 9.11. The summed E-state index contributed by atoms with van der Waals surface area (Å²) in [5, 5.41) is 24.3. The molecule has 5 atom stereocenters. The van der Waals surface area contributed by atoms with E-state index in [2.05, 4.69) is 16.9 Å². The minimum atomic E-state index is -0.998. The molecule has 1 aromatic carbocycles. The van der Waals surface area contributed by atoms with E-state index in [9.17, 15) is 15.0 Å². The minimum absolute atomic E-state index is 0.0760. The summed E-state index contributed by atoms with van der Waals surface area (Å²) in [6.45, 7) is 4.29. The Hall–Kier alpha value is -2.23. The Morgan fingerprint density at radius 1 is 1.43 bits per heavy atom. The molecule has 1 amide bonds. The molecule has 3 N–H and O–H groups in total. The van der Waals surface area contributed by atoms with Crippen molar-refractivity contribution >= 4 is 28.5 Å². The van der Waals surface area contributed by atoms with Gasteiger partial charge in [-0.2, -0.15) is 0 Å². The van der Waals surface area contributed by atoms with Crippen LogP contribution in [0.15, 0.2) is 35.8 Å². The maximum absolute atomic E-state index is 12.8. The lowest BCUT2D eigenvalue weighted by molar-refractivity contribution is -0.138. The molecule has 3 aliphatic rings. The first-order valence-corrected chi connectivity index (χ1v) is 9.99. The van der Waals surface area contributed by atoms with Gasteiger partial charge in [0.15, 0.2) is 16.7 Å². The second kappa shape index (κ2) is 7.65. The number of aliphatic hydroxyl groups is 2. The number of benzene rings is 1. The molecule has 150 valence electrons. The Kier molecular flexibility index (Phi) is 5.22. The molecule has 8 nitrogen and oxygen atoms in total. The Balaban J connectivity index is 1.52. The number of rotatable bonds is 4. The van der Waals surface area contributed by atoms with Gasteiger partial charge >= 0.3 is 0 Å². The summed E-state index contributed by atoms with van der Waals surface area (Å²) >= 11 is 1.42.